The third kappa shape index (κ3) is 7.07. The quantitative estimate of drug-likeness (QED) is 0.309. The van der Waals surface area contributed by atoms with Gasteiger partial charge in [-0.2, -0.15) is 0 Å². The molecule has 8 N–H and O–H groups in total. The van der Waals surface area contributed by atoms with Gasteiger partial charge in [0.05, 0.1) is 0 Å². The van der Waals surface area contributed by atoms with Gasteiger partial charge in [0.1, 0.15) is 0 Å². The number of phenols is 2. The molecule has 0 amide bonds. The summed E-state index contributed by atoms with van der Waals surface area (Å²) >= 11 is 0. The fourth-order valence-corrected chi connectivity index (χ4v) is 0.891. The summed E-state index contributed by atoms with van der Waals surface area (Å²) in [6.07, 6.45) is 0.716. The van der Waals surface area contributed by atoms with E-state index in [1.54, 1.807) is 6.07 Å². The van der Waals surface area contributed by atoms with Crippen molar-refractivity contribution < 1.29 is 20.0 Å². The zero-order chi connectivity index (χ0) is 11.8. The Morgan fingerprint density at radius 1 is 1.13 bits per heavy atom. The first-order valence-electron chi connectivity index (χ1n) is 4.11. The van der Waals surface area contributed by atoms with E-state index < -0.39 is 8.53 Å². The maximum absolute atomic E-state index is 9.04. The molecule has 0 aliphatic heterocycles. The van der Waals surface area contributed by atoms with Crippen LogP contribution in [-0.2, 0) is 6.42 Å². The molecule has 0 saturated heterocycles. The van der Waals surface area contributed by atoms with Crippen molar-refractivity contribution in [1.82, 2.24) is 0 Å². The predicted octanol–water partition coefficient (Wildman–Crippen LogP) is -0.244. The van der Waals surface area contributed by atoms with E-state index in [0.717, 1.165) is 5.56 Å². The van der Waals surface area contributed by atoms with Crippen LogP contribution in [0.2, 0.25) is 0 Å². The molecule has 0 fully saturated rings. The first kappa shape index (κ1) is 14.1. The molecule has 0 aliphatic carbocycles. The maximum Gasteiger partial charge on any atom is 0.247 e. The number of phenolic OH excluding ortho intramolecular Hbond substituents is 2. The molecule has 0 unspecified atom stereocenters. The van der Waals surface area contributed by atoms with E-state index in [1.165, 1.54) is 12.1 Å². The fourth-order valence-electron chi connectivity index (χ4n) is 0.891. The molecule has 0 radical (unpaired) electrons. The number of nitrogens with two attached hydrogens (primary N) is 2. The van der Waals surface area contributed by atoms with Crippen molar-refractivity contribution in [2.75, 3.05) is 6.54 Å². The minimum Gasteiger partial charge on any atom is -0.504 e. The van der Waals surface area contributed by atoms with E-state index in [-0.39, 0.29) is 11.5 Å². The molecule has 0 saturated carbocycles. The summed E-state index contributed by atoms with van der Waals surface area (Å²) in [5.74, 6) is -0.179. The Morgan fingerprint density at radius 3 is 2.07 bits per heavy atom. The van der Waals surface area contributed by atoms with Gasteiger partial charge in [0, 0.05) is 0 Å². The van der Waals surface area contributed by atoms with Gasteiger partial charge in [0.25, 0.3) is 0 Å². The van der Waals surface area contributed by atoms with Crippen molar-refractivity contribution in [3.8, 4) is 11.5 Å². The van der Waals surface area contributed by atoms with Gasteiger partial charge in [0.15, 0.2) is 11.5 Å². The van der Waals surface area contributed by atoms with Gasteiger partial charge < -0.3 is 25.7 Å². The van der Waals surface area contributed by atoms with Crippen LogP contribution in [0.3, 0.4) is 0 Å². The van der Waals surface area contributed by atoms with Gasteiger partial charge >= 0.3 is 0 Å². The molecule has 0 bridgehead atoms. The maximum atomic E-state index is 9.04. The summed E-state index contributed by atoms with van der Waals surface area (Å²) in [5, 5.41) is 18.0. The third-order valence-corrected chi connectivity index (χ3v) is 1.47. The van der Waals surface area contributed by atoms with Crippen molar-refractivity contribution in [2.45, 2.75) is 6.42 Å². The summed E-state index contributed by atoms with van der Waals surface area (Å²) < 4.78 is 0. The summed E-state index contributed by atoms with van der Waals surface area (Å²) in [6.45, 7) is 0.546. The second-order valence-electron chi connectivity index (χ2n) is 2.68. The van der Waals surface area contributed by atoms with Crippen LogP contribution in [0.1, 0.15) is 5.56 Å². The zero-order valence-electron chi connectivity index (χ0n) is 8.04. The van der Waals surface area contributed by atoms with Crippen LogP contribution in [0, 0.1) is 0 Å². The van der Waals surface area contributed by atoms with Gasteiger partial charge in [-0.1, -0.05) is 6.07 Å². The highest BCUT2D eigenvalue weighted by atomic mass is 31.2. The van der Waals surface area contributed by atoms with E-state index in [2.05, 4.69) is 5.50 Å². The van der Waals surface area contributed by atoms with E-state index in [4.69, 9.17) is 25.7 Å². The van der Waals surface area contributed by atoms with Crippen molar-refractivity contribution in [2.24, 2.45) is 11.2 Å². The zero-order valence-corrected chi connectivity index (χ0v) is 8.93. The average Bonchev–Trinajstić information content (AvgIpc) is 2.11. The van der Waals surface area contributed by atoms with Crippen LogP contribution in [0.5, 0.6) is 11.5 Å². The largest absolute Gasteiger partial charge is 0.504 e. The number of hydrogen-bond donors (Lipinski definition) is 6. The first-order chi connectivity index (χ1) is 6.97. The van der Waals surface area contributed by atoms with Crippen LogP contribution in [0.15, 0.2) is 18.2 Å². The van der Waals surface area contributed by atoms with Crippen LogP contribution >= 0.6 is 8.53 Å². The molecule has 1 aromatic carbocycles. The Hall–Kier alpha value is -0.910. The van der Waals surface area contributed by atoms with Gasteiger partial charge in [0.2, 0.25) is 8.53 Å². The van der Waals surface area contributed by atoms with E-state index in [0.29, 0.717) is 13.0 Å². The second-order valence-corrected chi connectivity index (χ2v) is 3.32. The van der Waals surface area contributed by atoms with Crippen LogP contribution in [0.4, 0.5) is 0 Å². The Labute approximate surface area is 88.8 Å². The predicted molar refractivity (Wildman–Crippen MR) is 58.1 cm³/mol. The van der Waals surface area contributed by atoms with E-state index >= 15 is 0 Å². The summed E-state index contributed by atoms with van der Waals surface area (Å²) in [7, 11) is -2.12. The SMILES string of the molecule is NCCc1ccc(O)c(O)c1.NP(O)O. The molecule has 1 rings (SSSR count). The molecular formula is C8H15N2O4P. The standard InChI is InChI=1S/C8H11NO2.H4NO2P/c9-4-3-6-1-2-7(10)8(11)5-6;1-4(2)3/h1-2,5,10-11H,3-4,9H2;2-3H,1H2. The molecule has 0 aliphatic rings. The lowest BCUT2D eigenvalue weighted by molar-refractivity contribution is 0.403. The minimum atomic E-state index is -2.12. The topological polar surface area (TPSA) is 133 Å². The van der Waals surface area contributed by atoms with Gasteiger partial charge in [-0.15, -0.1) is 0 Å². The highest BCUT2D eigenvalue weighted by Gasteiger charge is 1.98. The monoisotopic (exact) mass is 234 g/mol. The Bertz CT molecular complexity index is 293. The van der Waals surface area contributed by atoms with Crippen molar-refractivity contribution in [1.29, 1.82) is 0 Å². The highest BCUT2D eigenvalue weighted by Crippen LogP contribution is 2.24. The molecule has 0 spiro atoms. The van der Waals surface area contributed by atoms with Crippen molar-refractivity contribution in [3.63, 3.8) is 0 Å². The minimum absolute atomic E-state index is 0.0871. The van der Waals surface area contributed by atoms with Crippen LogP contribution < -0.4 is 11.2 Å². The Balaban J connectivity index is 0.000000423. The van der Waals surface area contributed by atoms with Crippen molar-refractivity contribution in [3.05, 3.63) is 23.8 Å². The Kier molecular flexibility index (Phi) is 6.94. The molecule has 6 nitrogen and oxygen atoms in total. The molecule has 86 valence electrons. The molecule has 7 heteroatoms. The molecule has 1 aromatic rings. The lowest BCUT2D eigenvalue weighted by atomic mass is 10.1. The molecule has 0 heterocycles. The fraction of sp³-hybridized carbons (Fsp3) is 0.250. The number of benzene rings is 1. The molecular weight excluding hydrogens is 219 g/mol. The molecule has 15 heavy (non-hydrogen) atoms. The third-order valence-electron chi connectivity index (χ3n) is 1.47. The Morgan fingerprint density at radius 2 is 1.67 bits per heavy atom. The lowest BCUT2D eigenvalue weighted by Crippen LogP contribution is -2.02. The number of hydrogen-bond acceptors (Lipinski definition) is 6. The lowest BCUT2D eigenvalue weighted by Gasteiger charge is -2.00. The van der Waals surface area contributed by atoms with Gasteiger partial charge in [-0.05, 0) is 30.7 Å². The first-order valence-corrected chi connectivity index (χ1v) is 5.42. The second kappa shape index (κ2) is 7.39. The smallest absolute Gasteiger partial charge is 0.247 e. The number of aromatic hydroxyl groups is 2. The molecule has 0 aromatic heterocycles. The van der Waals surface area contributed by atoms with Crippen LogP contribution in [-0.4, -0.2) is 26.5 Å². The number of rotatable bonds is 2. The van der Waals surface area contributed by atoms with Gasteiger partial charge in [-0.25, -0.2) is 0 Å². The highest BCUT2D eigenvalue weighted by molar-refractivity contribution is 7.42. The summed E-state index contributed by atoms with van der Waals surface area (Å²) in [6, 6.07) is 4.71. The van der Waals surface area contributed by atoms with E-state index in [9.17, 15) is 0 Å². The van der Waals surface area contributed by atoms with Crippen LogP contribution in [0.25, 0.3) is 0 Å². The summed E-state index contributed by atoms with van der Waals surface area (Å²) in [4.78, 5) is 14.9. The normalized spacial score (nSPS) is 9.67. The average molecular weight is 234 g/mol. The van der Waals surface area contributed by atoms with Crippen molar-refractivity contribution >= 4 is 8.53 Å². The van der Waals surface area contributed by atoms with E-state index in [1.807, 2.05) is 0 Å². The summed E-state index contributed by atoms with van der Waals surface area (Å²) in [5.41, 5.74) is 10.5. The molecule has 0 atom stereocenters. The van der Waals surface area contributed by atoms with Gasteiger partial charge in [-0.3, -0.25) is 5.50 Å².